The Morgan fingerprint density at radius 2 is 1.57 bits per heavy atom. The first-order valence-electron chi connectivity index (χ1n) is 7.39. The number of rotatable bonds is 6. The van der Waals surface area contributed by atoms with Crippen molar-refractivity contribution in [3.63, 3.8) is 0 Å². The first kappa shape index (κ1) is 17.1. The largest absolute Gasteiger partial charge is 0.366 e. The third-order valence-corrected chi connectivity index (χ3v) is 4.20. The second kappa shape index (κ2) is 7.83. The topological polar surface area (TPSA) is 72.2 Å². The summed E-state index contributed by atoms with van der Waals surface area (Å²) < 4.78 is 0. The SMILES string of the molecule is CC(C)Sc1ccc(C(=O)NCc2ccc(C(N)=O)cc2)cc1. The lowest BCUT2D eigenvalue weighted by Crippen LogP contribution is -2.22. The quantitative estimate of drug-likeness (QED) is 0.800. The van der Waals surface area contributed by atoms with Crippen molar-refractivity contribution in [1.82, 2.24) is 5.32 Å². The van der Waals surface area contributed by atoms with Crippen LogP contribution in [0, 0.1) is 0 Å². The molecule has 120 valence electrons. The Morgan fingerprint density at radius 1 is 1.00 bits per heavy atom. The van der Waals surface area contributed by atoms with Gasteiger partial charge in [-0.15, -0.1) is 11.8 Å². The molecule has 0 heterocycles. The lowest BCUT2D eigenvalue weighted by Gasteiger charge is -2.08. The van der Waals surface area contributed by atoms with Crippen LogP contribution in [0.4, 0.5) is 0 Å². The molecule has 0 bridgehead atoms. The Kier molecular flexibility index (Phi) is 5.82. The fraction of sp³-hybridized carbons (Fsp3) is 0.222. The van der Waals surface area contributed by atoms with Crippen molar-refractivity contribution >= 4 is 23.6 Å². The van der Waals surface area contributed by atoms with Crippen molar-refractivity contribution in [2.45, 2.75) is 30.5 Å². The van der Waals surface area contributed by atoms with Gasteiger partial charge in [-0.05, 0) is 42.0 Å². The fourth-order valence-corrected chi connectivity index (χ4v) is 2.87. The highest BCUT2D eigenvalue weighted by molar-refractivity contribution is 7.99. The van der Waals surface area contributed by atoms with Crippen molar-refractivity contribution in [1.29, 1.82) is 0 Å². The highest BCUT2D eigenvalue weighted by Crippen LogP contribution is 2.22. The van der Waals surface area contributed by atoms with Crippen LogP contribution in [-0.4, -0.2) is 17.1 Å². The van der Waals surface area contributed by atoms with Crippen LogP contribution in [0.25, 0.3) is 0 Å². The summed E-state index contributed by atoms with van der Waals surface area (Å²) in [5, 5.41) is 3.37. The highest BCUT2D eigenvalue weighted by atomic mass is 32.2. The van der Waals surface area contributed by atoms with Crippen molar-refractivity contribution in [2.75, 3.05) is 0 Å². The maximum atomic E-state index is 12.1. The summed E-state index contributed by atoms with van der Waals surface area (Å²) in [6, 6.07) is 14.4. The molecule has 2 aromatic carbocycles. The van der Waals surface area contributed by atoms with E-state index in [4.69, 9.17) is 5.73 Å². The molecule has 0 unspecified atom stereocenters. The van der Waals surface area contributed by atoms with Crippen LogP contribution in [0.3, 0.4) is 0 Å². The molecule has 0 fully saturated rings. The second-order valence-electron chi connectivity index (χ2n) is 5.43. The van der Waals surface area contributed by atoms with Crippen LogP contribution in [0.2, 0.25) is 0 Å². The predicted molar refractivity (Wildman–Crippen MR) is 93.6 cm³/mol. The van der Waals surface area contributed by atoms with E-state index < -0.39 is 5.91 Å². The maximum absolute atomic E-state index is 12.1. The third kappa shape index (κ3) is 5.14. The Morgan fingerprint density at radius 3 is 2.09 bits per heavy atom. The number of nitrogens with two attached hydrogens (primary N) is 1. The number of nitrogens with one attached hydrogen (secondary N) is 1. The van der Waals surface area contributed by atoms with Gasteiger partial charge in [-0.25, -0.2) is 0 Å². The molecule has 3 N–H and O–H groups in total. The van der Waals surface area contributed by atoms with Gasteiger partial charge in [0.2, 0.25) is 5.91 Å². The Labute approximate surface area is 140 Å². The molecule has 0 saturated carbocycles. The monoisotopic (exact) mass is 328 g/mol. The summed E-state index contributed by atoms with van der Waals surface area (Å²) in [6.07, 6.45) is 0. The van der Waals surface area contributed by atoms with Gasteiger partial charge in [0, 0.05) is 27.8 Å². The highest BCUT2D eigenvalue weighted by Gasteiger charge is 2.06. The van der Waals surface area contributed by atoms with Crippen molar-refractivity contribution in [3.8, 4) is 0 Å². The van der Waals surface area contributed by atoms with Crippen molar-refractivity contribution < 1.29 is 9.59 Å². The molecule has 5 heteroatoms. The number of primary amides is 1. The summed E-state index contributed by atoms with van der Waals surface area (Å²) in [4.78, 5) is 24.3. The molecule has 2 rings (SSSR count). The van der Waals surface area contributed by atoms with E-state index in [1.807, 2.05) is 24.3 Å². The molecule has 0 spiro atoms. The molecule has 23 heavy (non-hydrogen) atoms. The Bertz CT molecular complexity index is 679. The molecule has 0 aliphatic heterocycles. The minimum absolute atomic E-state index is 0.120. The number of amides is 2. The summed E-state index contributed by atoms with van der Waals surface area (Å²) in [5.74, 6) is -0.579. The van der Waals surface area contributed by atoms with Gasteiger partial charge < -0.3 is 11.1 Å². The number of benzene rings is 2. The molecule has 2 aromatic rings. The smallest absolute Gasteiger partial charge is 0.251 e. The zero-order valence-electron chi connectivity index (χ0n) is 13.2. The zero-order chi connectivity index (χ0) is 16.8. The predicted octanol–water partition coefficient (Wildman–Crippen LogP) is 3.22. The lowest BCUT2D eigenvalue weighted by atomic mass is 10.1. The number of thioether (sulfide) groups is 1. The van der Waals surface area contributed by atoms with E-state index in [9.17, 15) is 9.59 Å². The van der Waals surface area contributed by atoms with Gasteiger partial charge in [0.25, 0.3) is 5.91 Å². The molecule has 0 aliphatic rings. The standard InChI is InChI=1S/C18H20N2O2S/c1-12(2)23-16-9-7-15(8-10-16)18(22)20-11-13-3-5-14(6-4-13)17(19)21/h3-10,12H,11H2,1-2H3,(H2,19,21)(H,20,22). The normalized spacial score (nSPS) is 10.6. The van der Waals surface area contributed by atoms with Gasteiger partial charge >= 0.3 is 0 Å². The van der Waals surface area contributed by atoms with Gasteiger partial charge in [0.05, 0.1) is 0 Å². The van der Waals surface area contributed by atoms with Crippen LogP contribution in [0.15, 0.2) is 53.4 Å². The van der Waals surface area contributed by atoms with Gasteiger partial charge in [-0.3, -0.25) is 9.59 Å². The molecule has 0 aromatic heterocycles. The summed E-state index contributed by atoms with van der Waals surface area (Å²) >= 11 is 1.76. The summed E-state index contributed by atoms with van der Waals surface area (Å²) in [7, 11) is 0. The molecule has 0 radical (unpaired) electrons. The van der Waals surface area contributed by atoms with Crippen molar-refractivity contribution in [2.24, 2.45) is 5.73 Å². The van der Waals surface area contributed by atoms with Gasteiger partial charge in [0.1, 0.15) is 0 Å². The number of carbonyl (C=O) groups excluding carboxylic acids is 2. The van der Waals surface area contributed by atoms with E-state index in [0.717, 1.165) is 10.5 Å². The third-order valence-electron chi connectivity index (χ3n) is 3.18. The van der Waals surface area contributed by atoms with Gasteiger partial charge in [0.15, 0.2) is 0 Å². The van der Waals surface area contributed by atoms with E-state index >= 15 is 0 Å². The van der Waals surface area contributed by atoms with Crippen LogP contribution in [-0.2, 0) is 6.54 Å². The molecular formula is C18H20N2O2S. The lowest BCUT2D eigenvalue weighted by molar-refractivity contribution is 0.0949. The molecule has 0 aliphatic carbocycles. The van der Waals surface area contributed by atoms with Crippen LogP contribution >= 0.6 is 11.8 Å². The summed E-state index contributed by atoms with van der Waals surface area (Å²) in [5.41, 5.74) is 7.19. The molecule has 0 saturated heterocycles. The van der Waals surface area contributed by atoms with E-state index in [1.165, 1.54) is 0 Å². The maximum Gasteiger partial charge on any atom is 0.251 e. The molecular weight excluding hydrogens is 308 g/mol. The number of hydrogen-bond donors (Lipinski definition) is 2. The minimum atomic E-state index is -0.458. The Balaban J connectivity index is 1.92. The Hall–Kier alpha value is -2.27. The van der Waals surface area contributed by atoms with Crippen LogP contribution in [0.1, 0.15) is 40.1 Å². The first-order valence-corrected chi connectivity index (χ1v) is 8.27. The van der Waals surface area contributed by atoms with E-state index in [1.54, 1.807) is 36.0 Å². The molecule has 0 atom stereocenters. The fourth-order valence-electron chi connectivity index (χ4n) is 2.03. The van der Waals surface area contributed by atoms with E-state index in [-0.39, 0.29) is 5.91 Å². The molecule has 2 amide bonds. The van der Waals surface area contributed by atoms with Gasteiger partial charge in [-0.1, -0.05) is 26.0 Å². The van der Waals surface area contributed by atoms with Crippen LogP contribution < -0.4 is 11.1 Å². The first-order chi connectivity index (χ1) is 11.0. The van der Waals surface area contributed by atoms with Crippen LogP contribution in [0.5, 0.6) is 0 Å². The van der Waals surface area contributed by atoms with E-state index in [2.05, 4.69) is 19.2 Å². The van der Waals surface area contributed by atoms with Crippen molar-refractivity contribution in [3.05, 3.63) is 65.2 Å². The average molecular weight is 328 g/mol. The molecule has 4 nitrogen and oxygen atoms in total. The number of hydrogen-bond acceptors (Lipinski definition) is 3. The number of carbonyl (C=O) groups is 2. The summed E-state index contributed by atoms with van der Waals surface area (Å²) in [6.45, 7) is 4.67. The minimum Gasteiger partial charge on any atom is -0.366 e. The van der Waals surface area contributed by atoms with E-state index in [0.29, 0.717) is 22.9 Å². The second-order valence-corrected chi connectivity index (χ2v) is 7.08. The average Bonchev–Trinajstić information content (AvgIpc) is 2.53. The van der Waals surface area contributed by atoms with Gasteiger partial charge in [-0.2, -0.15) is 0 Å². The zero-order valence-corrected chi connectivity index (χ0v) is 14.0.